The third kappa shape index (κ3) is 3.82. The molecule has 1 heterocycles. The molecular formula is C15H16Cl2N2OS. The van der Waals surface area contributed by atoms with E-state index in [-0.39, 0.29) is 17.1 Å². The Morgan fingerprint density at radius 3 is 2.76 bits per heavy atom. The Balaban J connectivity index is 2.38. The molecule has 112 valence electrons. The minimum atomic E-state index is -0.337. The maximum Gasteiger partial charge on any atom is 0.212 e. The Hall–Kier alpha value is -0.970. The van der Waals surface area contributed by atoms with Crippen LogP contribution in [0.5, 0.6) is 0 Å². The number of nitrogens with zero attached hydrogens (tertiary/aromatic N) is 2. The summed E-state index contributed by atoms with van der Waals surface area (Å²) in [4.78, 5) is 16.5. The van der Waals surface area contributed by atoms with Crippen LogP contribution in [0.2, 0.25) is 10.0 Å². The molecule has 0 N–H and O–H groups in total. The van der Waals surface area contributed by atoms with E-state index in [1.807, 2.05) is 24.5 Å². The number of aromatic nitrogens is 2. The fraction of sp³-hybridized carbons (Fsp3) is 0.333. The number of hydrogen-bond acceptors (Lipinski definition) is 3. The average molecular weight is 343 g/mol. The zero-order valence-corrected chi connectivity index (χ0v) is 14.1. The summed E-state index contributed by atoms with van der Waals surface area (Å²) in [7, 11) is 0. The number of rotatable bonds is 5. The van der Waals surface area contributed by atoms with Crippen molar-refractivity contribution in [2.75, 3.05) is 5.75 Å². The lowest BCUT2D eigenvalue weighted by Crippen LogP contribution is -2.22. The van der Waals surface area contributed by atoms with E-state index in [1.165, 1.54) is 11.8 Å². The summed E-state index contributed by atoms with van der Waals surface area (Å²) in [5.74, 6) is 0.668. The molecule has 21 heavy (non-hydrogen) atoms. The van der Waals surface area contributed by atoms with Gasteiger partial charge in [-0.1, -0.05) is 54.9 Å². The highest BCUT2D eigenvalue weighted by atomic mass is 35.5. The summed E-state index contributed by atoms with van der Waals surface area (Å²) in [6, 6.07) is 5.04. The van der Waals surface area contributed by atoms with Gasteiger partial charge in [0.2, 0.25) is 5.12 Å². The fourth-order valence-electron chi connectivity index (χ4n) is 2.29. The second-order valence-corrected chi connectivity index (χ2v) is 6.77. The van der Waals surface area contributed by atoms with Crippen molar-refractivity contribution in [2.24, 2.45) is 0 Å². The standard InChI is InChI=1S/C15H16Cl2N2OS/c1-3-21-15(20)14(19-7-6-18-9-19)10(2)12-5-4-11(16)8-13(12)17/h4-10,14H,3H2,1-2H3. The number of carbonyl (C=O) groups is 1. The van der Waals surface area contributed by atoms with Crippen molar-refractivity contribution in [2.45, 2.75) is 25.8 Å². The number of thioether (sulfide) groups is 1. The van der Waals surface area contributed by atoms with E-state index in [0.717, 1.165) is 11.3 Å². The first-order chi connectivity index (χ1) is 10.0. The minimum absolute atomic E-state index is 0.0736. The largest absolute Gasteiger partial charge is 0.325 e. The van der Waals surface area contributed by atoms with Crippen LogP contribution in [0, 0.1) is 0 Å². The first kappa shape index (κ1) is 16.4. The van der Waals surface area contributed by atoms with E-state index in [1.54, 1.807) is 30.9 Å². The Morgan fingerprint density at radius 2 is 2.19 bits per heavy atom. The maximum atomic E-state index is 12.5. The summed E-state index contributed by atoms with van der Waals surface area (Å²) in [5, 5.41) is 1.27. The lowest BCUT2D eigenvalue weighted by molar-refractivity contribution is -0.114. The Kier molecular flexibility index (Phi) is 5.73. The van der Waals surface area contributed by atoms with Crippen LogP contribution in [0.15, 0.2) is 36.9 Å². The molecule has 6 heteroatoms. The highest BCUT2D eigenvalue weighted by Gasteiger charge is 2.28. The smallest absolute Gasteiger partial charge is 0.212 e. The van der Waals surface area contributed by atoms with Gasteiger partial charge >= 0.3 is 0 Å². The van der Waals surface area contributed by atoms with Gasteiger partial charge in [0.25, 0.3) is 0 Å². The van der Waals surface area contributed by atoms with Gasteiger partial charge in [-0.3, -0.25) is 4.79 Å². The van der Waals surface area contributed by atoms with Crippen LogP contribution in [-0.4, -0.2) is 20.4 Å². The highest BCUT2D eigenvalue weighted by molar-refractivity contribution is 8.13. The predicted molar refractivity (Wildman–Crippen MR) is 89.3 cm³/mol. The van der Waals surface area contributed by atoms with Gasteiger partial charge in [0, 0.05) is 28.4 Å². The number of imidazole rings is 1. The zero-order valence-electron chi connectivity index (χ0n) is 11.8. The van der Waals surface area contributed by atoms with Gasteiger partial charge in [-0.2, -0.15) is 0 Å². The van der Waals surface area contributed by atoms with Crippen LogP contribution in [0.3, 0.4) is 0 Å². The SMILES string of the molecule is CCSC(=O)C(C(C)c1ccc(Cl)cc1Cl)n1ccnc1. The lowest BCUT2D eigenvalue weighted by Gasteiger charge is -2.24. The van der Waals surface area contributed by atoms with E-state index in [9.17, 15) is 4.79 Å². The molecule has 3 nitrogen and oxygen atoms in total. The van der Waals surface area contributed by atoms with Crippen LogP contribution < -0.4 is 0 Å². The summed E-state index contributed by atoms with van der Waals surface area (Å²) >= 11 is 13.5. The predicted octanol–water partition coefficient (Wildman–Crippen LogP) is 4.81. The molecule has 0 amide bonds. The molecule has 0 radical (unpaired) electrons. The molecule has 2 unspecified atom stereocenters. The van der Waals surface area contributed by atoms with Crippen LogP contribution >= 0.6 is 35.0 Å². The van der Waals surface area contributed by atoms with E-state index in [4.69, 9.17) is 23.2 Å². The monoisotopic (exact) mass is 342 g/mol. The first-order valence-corrected chi connectivity index (χ1v) is 8.37. The first-order valence-electron chi connectivity index (χ1n) is 6.63. The Labute approximate surface area is 138 Å². The normalized spacial score (nSPS) is 13.9. The molecule has 0 aliphatic carbocycles. The molecule has 0 saturated heterocycles. The molecular weight excluding hydrogens is 327 g/mol. The summed E-state index contributed by atoms with van der Waals surface area (Å²) in [6.45, 7) is 3.96. The van der Waals surface area contributed by atoms with Crippen LogP contribution in [-0.2, 0) is 4.79 Å². The van der Waals surface area contributed by atoms with Gasteiger partial charge in [0.05, 0.1) is 6.33 Å². The van der Waals surface area contributed by atoms with E-state index in [2.05, 4.69) is 4.98 Å². The van der Waals surface area contributed by atoms with Gasteiger partial charge in [-0.05, 0) is 23.4 Å². The van der Waals surface area contributed by atoms with Crippen molar-refractivity contribution in [3.63, 3.8) is 0 Å². The molecule has 0 aliphatic heterocycles. The molecule has 1 aromatic heterocycles. The van der Waals surface area contributed by atoms with Crippen molar-refractivity contribution in [1.29, 1.82) is 0 Å². The third-order valence-electron chi connectivity index (χ3n) is 3.30. The molecule has 2 atom stereocenters. The van der Waals surface area contributed by atoms with Crippen molar-refractivity contribution < 1.29 is 4.79 Å². The van der Waals surface area contributed by atoms with Gasteiger partial charge in [0.1, 0.15) is 6.04 Å². The van der Waals surface area contributed by atoms with Gasteiger partial charge in [-0.25, -0.2) is 4.98 Å². The van der Waals surface area contributed by atoms with Gasteiger partial charge in [0.15, 0.2) is 0 Å². The highest BCUT2D eigenvalue weighted by Crippen LogP contribution is 2.36. The van der Waals surface area contributed by atoms with Crippen molar-refractivity contribution in [1.82, 2.24) is 9.55 Å². The molecule has 0 aliphatic rings. The Bertz CT molecular complexity index is 616. The Morgan fingerprint density at radius 1 is 1.43 bits per heavy atom. The van der Waals surface area contributed by atoms with Crippen LogP contribution in [0.25, 0.3) is 0 Å². The number of carbonyl (C=O) groups excluding carboxylic acids is 1. The van der Waals surface area contributed by atoms with E-state index >= 15 is 0 Å². The summed E-state index contributed by atoms with van der Waals surface area (Å²) < 4.78 is 1.83. The number of benzene rings is 1. The summed E-state index contributed by atoms with van der Waals surface area (Å²) in [5.41, 5.74) is 0.907. The van der Waals surface area contributed by atoms with Crippen molar-refractivity contribution in [3.8, 4) is 0 Å². The summed E-state index contributed by atoms with van der Waals surface area (Å²) in [6.07, 6.45) is 5.14. The number of halogens is 2. The number of hydrogen-bond donors (Lipinski definition) is 0. The second kappa shape index (κ2) is 7.34. The maximum absolute atomic E-state index is 12.5. The molecule has 2 aromatic rings. The van der Waals surface area contributed by atoms with Crippen molar-refractivity contribution in [3.05, 3.63) is 52.5 Å². The molecule has 1 aromatic carbocycles. The van der Waals surface area contributed by atoms with Crippen LogP contribution in [0.1, 0.15) is 31.4 Å². The fourth-order valence-corrected chi connectivity index (χ4v) is 3.65. The molecule has 2 rings (SSSR count). The van der Waals surface area contributed by atoms with Crippen LogP contribution in [0.4, 0.5) is 0 Å². The average Bonchev–Trinajstić information content (AvgIpc) is 2.92. The molecule has 0 fully saturated rings. The minimum Gasteiger partial charge on any atom is -0.325 e. The molecule has 0 saturated carbocycles. The van der Waals surface area contributed by atoms with Gasteiger partial charge in [-0.15, -0.1) is 0 Å². The van der Waals surface area contributed by atoms with E-state index in [0.29, 0.717) is 10.0 Å². The van der Waals surface area contributed by atoms with E-state index < -0.39 is 0 Å². The second-order valence-electron chi connectivity index (χ2n) is 4.66. The topological polar surface area (TPSA) is 34.9 Å². The van der Waals surface area contributed by atoms with Crippen molar-refractivity contribution >= 4 is 40.1 Å². The molecule has 0 spiro atoms. The lowest BCUT2D eigenvalue weighted by atomic mass is 9.93. The quantitative estimate of drug-likeness (QED) is 0.781. The zero-order chi connectivity index (χ0) is 15.4. The molecule has 0 bridgehead atoms. The van der Waals surface area contributed by atoms with Gasteiger partial charge < -0.3 is 4.57 Å². The third-order valence-corrected chi connectivity index (χ3v) is 4.68.